The molecular formula is C18H14N4. The highest BCUT2D eigenvalue weighted by molar-refractivity contribution is 6.19. The van der Waals surface area contributed by atoms with Gasteiger partial charge in [-0.3, -0.25) is 5.41 Å². The highest BCUT2D eigenvalue weighted by atomic mass is 15.0. The summed E-state index contributed by atoms with van der Waals surface area (Å²) in [7, 11) is 0. The van der Waals surface area contributed by atoms with Crippen LogP contribution < -0.4 is 11.1 Å². The molecule has 0 saturated heterocycles. The van der Waals surface area contributed by atoms with Crippen LogP contribution in [-0.2, 0) is 0 Å². The molecular weight excluding hydrogens is 272 g/mol. The third kappa shape index (κ3) is 1.93. The molecule has 1 heterocycles. The van der Waals surface area contributed by atoms with Crippen LogP contribution in [0.3, 0.4) is 0 Å². The quantitative estimate of drug-likeness (QED) is 0.497. The molecule has 106 valence electrons. The first-order chi connectivity index (χ1) is 10.7. The minimum Gasteiger partial charge on any atom is -0.384 e. The van der Waals surface area contributed by atoms with E-state index in [1.807, 2.05) is 42.5 Å². The summed E-state index contributed by atoms with van der Waals surface area (Å²) in [6.45, 7) is 0. The zero-order chi connectivity index (χ0) is 15.1. The number of amidine groups is 2. The summed E-state index contributed by atoms with van der Waals surface area (Å²) in [5.41, 5.74) is 9.21. The number of nitrogen functional groups attached to an aromatic ring is 1. The van der Waals surface area contributed by atoms with Crippen LogP contribution in [0.5, 0.6) is 0 Å². The molecule has 4 nitrogen and oxygen atoms in total. The molecule has 0 amide bonds. The van der Waals surface area contributed by atoms with Gasteiger partial charge < -0.3 is 11.1 Å². The van der Waals surface area contributed by atoms with Crippen molar-refractivity contribution < 1.29 is 0 Å². The number of aliphatic imine (C=N–C) groups is 1. The van der Waals surface area contributed by atoms with Gasteiger partial charge in [-0.05, 0) is 17.5 Å². The minimum absolute atomic E-state index is 0.0696. The standard InChI is InChI=1S/C18H14N4/c19-17(20)12-7-9-13(10-8-12)18-21-14-5-1-3-11-4-2-6-15(22-18)16(11)14/h1-10H,(H3,19,20)(H,21,22). The first kappa shape index (κ1) is 12.6. The molecule has 0 saturated carbocycles. The average molecular weight is 286 g/mol. The van der Waals surface area contributed by atoms with Gasteiger partial charge in [-0.15, -0.1) is 0 Å². The van der Waals surface area contributed by atoms with E-state index >= 15 is 0 Å². The second-order valence-corrected chi connectivity index (χ2v) is 5.26. The lowest BCUT2D eigenvalue weighted by Crippen LogP contribution is -2.17. The molecule has 1 aliphatic heterocycles. The summed E-state index contributed by atoms with van der Waals surface area (Å²) in [4.78, 5) is 4.73. The minimum atomic E-state index is 0.0696. The molecule has 3 aromatic rings. The molecule has 0 fully saturated rings. The molecule has 0 radical (unpaired) electrons. The number of nitrogens with zero attached hydrogens (tertiary/aromatic N) is 1. The number of anilines is 1. The van der Waals surface area contributed by atoms with Gasteiger partial charge in [-0.1, -0.05) is 48.5 Å². The monoisotopic (exact) mass is 286 g/mol. The van der Waals surface area contributed by atoms with E-state index in [4.69, 9.17) is 16.1 Å². The molecule has 1 aliphatic rings. The average Bonchev–Trinajstić information content (AvgIpc) is 2.55. The summed E-state index contributed by atoms with van der Waals surface area (Å²) < 4.78 is 0. The van der Waals surface area contributed by atoms with E-state index in [0.717, 1.165) is 28.2 Å². The molecule has 0 unspecified atom stereocenters. The predicted octanol–water partition coefficient (Wildman–Crippen LogP) is 3.63. The van der Waals surface area contributed by atoms with Crippen molar-refractivity contribution >= 4 is 33.8 Å². The lowest BCUT2D eigenvalue weighted by Gasteiger charge is -2.19. The van der Waals surface area contributed by atoms with Crippen LogP contribution in [0.25, 0.3) is 10.8 Å². The van der Waals surface area contributed by atoms with Crippen LogP contribution in [0.1, 0.15) is 11.1 Å². The Morgan fingerprint density at radius 1 is 0.955 bits per heavy atom. The molecule has 0 aliphatic carbocycles. The van der Waals surface area contributed by atoms with E-state index in [9.17, 15) is 0 Å². The normalized spacial score (nSPS) is 12.6. The van der Waals surface area contributed by atoms with Gasteiger partial charge in [-0.25, -0.2) is 4.99 Å². The van der Waals surface area contributed by atoms with Gasteiger partial charge >= 0.3 is 0 Å². The van der Waals surface area contributed by atoms with Gasteiger partial charge in [0.2, 0.25) is 0 Å². The van der Waals surface area contributed by atoms with Crippen LogP contribution in [0, 0.1) is 5.41 Å². The Morgan fingerprint density at radius 3 is 2.41 bits per heavy atom. The molecule has 4 heteroatoms. The zero-order valence-electron chi connectivity index (χ0n) is 11.8. The second kappa shape index (κ2) is 4.70. The molecule has 0 bridgehead atoms. The summed E-state index contributed by atoms with van der Waals surface area (Å²) in [6.07, 6.45) is 0. The predicted molar refractivity (Wildman–Crippen MR) is 91.2 cm³/mol. The van der Waals surface area contributed by atoms with E-state index in [1.165, 1.54) is 5.39 Å². The molecule has 4 N–H and O–H groups in total. The van der Waals surface area contributed by atoms with E-state index < -0.39 is 0 Å². The van der Waals surface area contributed by atoms with Crippen molar-refractivity contribution in [1.82, 2.24) is 0 Å². The maximum absolute atomic E-state index is 7.46. The highest BCUT2D eigenvalue weighted by Crippen LogP contribution is 2.36. The number of hydrogen-bond donors (Lipinski definition) is 3. The fourth-order valence-corrected chi connectivity index (χ4v) is 2.74. The maximum atomic E-state index is 7.46. The topological polar surface area (TPSA) is 74.3 Å². The number of benzene rings is 3. The van der Waals surface area contributed by atoms with Crippen LogP contribution >= 0.6 is 0 Å². The summed E-state index contributed by atoms with van der Waals surface area (Å²) >= 11 is 0. The molecule has 0 spiro atoms. The van der Waals surface area contributed by atoms with Gasteiger partial charge in [0.05, 0.1) is 5.69 Å². The Morgan fingerprint density at radius 2 is 1.68 bits per heavy atom. The van der Waals surface area contributed by atoms with Crippen LogP contribution in [0.15, 0.2) is 65.7 Å². The SMILES string of the molecule is N=C(N)c1ccc(C2=Nc3cccc4cccc(c34)N2)cc1. The lowest BCUT2D eigenvalue weighted by atomic mass is 10.0. The van der Waals surface area contributed by atoms with Crippen molar-refractivity contribution in [2.45, 2.75) is 0 Å². The molecule has 0 atom stereocenters. The molecule has 3 aromatic carbocycles. The summed E-state index contributed by atoms with van der Waals surface area (Å²) in [5, 5.41) is 13.2. The number of hydrogen-bond acceptors (Lipinski definition) is 3. The number of rotatable bonds is 2. The van der Waals surface area contributed by atoms with Crippen molar-refractivity contribution in [3.8, 4) is 0 Å². The van der Waals surface area contributed by atoms with E-state index in [1.54, 1.807) is 0 Å². The summed E-state index contributed by atoms with van der Waals surface area (Å²) in [5.74, 6) is 0.876. The highest BCUT2D eigenvalue weighted by Gasteiger charge is 2.15. The maximum Gasteiger partial charge on any atom is 0.138 e. The number of nitrogens with two attached hydrogens (primary N) is 1. The summed E-state index contributed by atoms with van der Waals surface area (Å²) in [6, 6.07) is 19.8. The first-order valence-corrected chi connectivity index (χ1v) is 7.05. The van der Waals surface area contributed by atoms with E-state index in [-0.39, 0.29) is 5.84 Å². The Kier molecular flexibility index (Phi) is 2.69. The van der Waals surface area contributed by atoms with E-state index in [2.05, 4.69) is 23.5 Å². The van der Waals surface area contributed by atoms with Gasteiger partial charge in [0.25, 0.3) is 0 Å². The van der Waals surface area contributed by atoms with Crippen molar-refractivity contribution in [1.29, 1.82) is 5.41 Å². The third-order valence-corrected chi connectivity index (χ3v) is 3.84. The fraction of sp³-hybridized carbons (Fsp3) is 0. The van der Waals surface area contributed by atoms with Crippen molar-refractivity contribution in [3.63, 3.8) is 0 Å². The Labute approximate surface area is 127 Å². The van der Waals surface area contributed by atoms with Crippen LogP contribution in [0.4, 0.5) is 11.4 Å². The second-order valence-electron chi connectivity index (χ2n) is 5.26. The largest absolute Gasteiger partial charge is 0.384 e. The van der Waals surface area contributed by atoms with Crippen molar-refractivity contribution in [2.24, 2.45) is 10.7 Å². The molecule has 0 aromatic heterocycles. The Bertz CT molecular complexity index is 918. The zero-order valence-corrected chi connectivity index (χ0v) is 11.8. The Balaban J connectivity index is 1.83. The van der Waals surface area contributed by atoms with Crippen molar-refractivity contribution in [3.05, 3.63) is 71.8 Å². The van der Waals surface area contributed by atoms with Gasteiger partial charge in [0.15, 0.2) is 0 Å². The van der Waals surface area contributed by atoms with Crippen LogP contribution in [0.2, 0.25) is 0 Å². The van der Waals surface area contributed by atoms with E-state index in [0.29, 0.717) is 5.56 Å². The Hall–Kier alpha value is -3.14. The molecule has 22 heavy (non-hydrogen) atoms. The van der Waals surface area contributed by atoms with Gasteiger partial charge in [0, 0.05) is 22.2 Å². The van der Waals surface area contributed by atoms with Crippen molar-refractivity contribution in [2.75, 3.05) is 5.32 Å². The van der Waals surface area contributed by atoms with Gasteiger partial charge in [0.1, 0.15) is 11.7 Å². The molecule has 4 rings (SSSR count). The lowest BCUT2D eigenvalue weighted by molar-refractivity contribution is 1.41. The van der Waals surface area contributed by atoms with Gasteiger partial charge in [-0.2, -0.15) is 0 Å². The van der Waals surface area contributed by atoms with Crippen LogP contribution in [-0.4, -0.2) is 11.7 Å². The third-order valence-electron chi connectivity index (χ3n) is 3.84. The smallest absolute Gasteiger partial charge is 0.138 e. The first-order valence-electron chi connectivity index (χ1n) is 7.05. The number of nitrogens with one attached hydrogen (secondary N) is 2. The fourth-order valence-electron chi connectivity index (χ4n) is 2.74.